The van der Waals surface area contributed by atoms with Crippen LogP contribution in [0.4, 0.5) is 5.82 Å². The summed E-state index contributed by atoms with van der Waals surface area (Å²) in [6, 6.07) is 4.21. The van der Waals surface area contributed by atoms with E-state index in [4.69, 9.17) is 0 Å². The van der Waals surface area contributed by atoms with Gasteiger partial charge in [0.1, 0.15) is 5.82 Å². The summed E-state index contributed by atoms with van der Waals surface area (Å²) in [5.74, 6) is 1.95. The van der Waals surface area contributed by atoms with E-state index < -0.39 is 14.6 Å². The highest BCUT2D eigenvalue weighted by atomic mass is 127. The predicted octanol–water partition coefficient (Wildman–Crippen LogP) is 2.66. The summed E-state index contributed by atoms with van der Waals surface area (Å²) in [6.07, 6.45) is 7.02. The second-order valence-corrected chi connectivity index (χ2v) is 11.1. The van der Waals surface area contributed by atoms with Crippen molar-refractivity contribution < 1.29 is 8.42 Å². The maximum atomic E-state index is 12.2. The molecule has 164 valence electrons. The molecule has 2 saturated heterocycles. The average molecular weight is 535 g/mol. The lowest BCUT2D eigenvalue weighted by Gasteiger charge is -2.39. The number of halogens is 1. The molecule has 1 N–H and O–H groups in total. The zero-order valence-electron chi connectivity index (χ0n) is 17.7. The molecule has 2 aliphatic heterocycles. The lowest BCUT2D eigenvalue weighted by molar-refractivity contribution is 0.353. The summed E-state index contributed by atoms with van der Waals surface area (Å²) in [5, 5.41) is 3.36. The van der Waals surface area contributed by atoms with Crippen LogP contribution in [-0.2, 0) is 16.4 Å². The van der Waals surface area contributed by atoms with Crippen LogP contribution in [0.3, 0.4) is 0 Å². The van der Waals surface area contributed by atoms with Crippen molar-refractivity contribution in [3.63, 3.8) is 0 Å². The van der Waals surface area contributed by atoms with Gasteiger partial charge in [-0.25, -0.2) is 13.4 Å². The molecule has 2 fully saturated rings. The number of rotatable bonds is 3. The van der Waals surface area contributed by atoms with Crippen molar-refractivity contribution in [2.24, 2.45) is 4.99 Å². The SMILES string of the molecule is CN=C(NCc1ccc(N2CCCCCC2)nc1)N1CCS(=O)(=O)C(C)(C)C1.I. The molecule has 1 aromatic heterocycles. The van der Waals surface area contributed by atoms with E-state index in [2.05, 4.69) is 32.3 Å². The fourth-order valence-electron chi connectivity index (χ4n) is 3.85. The molecule has 0 saturated carbocycles. The number of nitrogens with one attached hydrogen (secondary N) is 1. The second kappa shape index (κ2) is 10.3. The van der Waals surface area contributed by atoms with Gasteiger partial charge in [-0.2, -0.15) is 0 Å². The highest BCUT2D eigenvalue weighted by Gasteiger charge is 2.40. The summed E-state index contributed by atoms with van der Waals surface area (Å²) in [6.45, 7) is 7.28. The van der Waals surface area contributed by atoms with E-state index in [9.17, 15) is 8.42 Å². The first-order valence-corrected chi connectivity index (χ1v) is 11.9. The Kier molecular flexibility index (Phi) is 8.57. The largest absolute Gasteiger partial charge is 0.357 e. The fraction of sp³-hybridized carbons (Fsp3) is 0.700. The number of guanidine groups is 1. The molecule has 9 heteroatoms. The van der Waals surface area contributed by atoms with Crippen molar-refractivity contribution in [3.05, 3.63) is 23.9 Å². The van der Waals surface area contributed by atoms with E-state index in [0.29, 0.717) is 19.6 Å². The van der Waals surface area contributed by atoms with Gasteiger partial charge in [0.25, 0.3) is 0 Å². The Bertz CT molecular complexity index is 788. The van der Waals surface area contributed by atoms with Crippen molar-refractivity contribution in [2.75, 3.05) is 43.9 Å². The number of aliphatic imine (C=N–C) groups is 1. The van der Waals surface area contributed by atoms with Gasteiger partial charge in [0, 0.05) is 46.0 Å². The number of hydrogen-bond donors (Lipinski definition) is 1. The predicted molar refractivity (Wildman–Crippen MR) is 130 cm³/mol. The van der Waals surface area contributed by atoms with E-state index in [1.165, 1.54) is 25.7 Å². The summed E-state index contributed by atoms with van der Waals surface area (Å²) in [7, 11) is -1.32. The number of nitrogens with zero attached hydrogens (tertiary/aromatic N) is 4. The molecule has 0 bridgehead atoms. The standard InChI is InChI=1S/C20H33N5O2S.HI/c1-20(2)16-25(12-13-28(20,26)27)19(21-3)23-15-17-8-9-18(22-14-17)24-10-6-4-5-7-11-24;/h8-9,14H,4-7,10-13,15-16H2,1-3H3,(H,21,23);1H. The van der Waals surface area contributed by atoms with Crippen molar-refractivity contribution in [2.45, 2.75) is 50.8 Å². The highest BCUT2D eigenvalue weighted by molar-refractivity contribution is 14.0. The van der Waals surface area contributed by atoms with Gasteiger partial charge in [-0.05, 0) is 38.3 Å². The zero-order chi connectivity index (χ0) is 20.2. The minimum absolute atomic E-state index is 0. The third-order valence-electron chi connectivity index (χ3n) is 5.74. The normalized spacial score (nSPS) is 21.8. The smallest absolute Gasteiger partial charge is 0.193 e. The second-order valence-electron chi connectivity index (χ2n) is 8.33. The van der Waals surface area contributed by atoms with Gasteiger partial charge < -0.3 is 15.1 Å². The molecule has 2 aliphatic rings. The maximum absolute atomic E-state index is 12.2. The van der Waals surface area contributed by atoms with Crippen molar-refractivity contribution >= 4 is 45.6 Å². The van der Waals surface area contributed by atoms with Gasteiger partial charge >= 0.3 is 0 Å². The lowest BCUT2D eigenvalue weighted by atomic mass is 10.2. The number of anilines is 1. The number of sulfone groups is 1. The molecule has 0 atom stereocenters. The lowest BCUT2D eigenvalue weighted by Crippen LogP contribution is -2.57. The van der Waals surface area contributed by atoms with Crippen molar-refractivity contribution in [1.82, 2.24) is 15.2 Å². The summed E-state index contributed by atoms with van der Waals surface area (Å²) in [5.41, 5.74) is 1.09. The van der Waals surface area contributed by atoms with Crippen LogP contribution in [0.2, 0.25) is 0 Å². The first kappa shape index (κ1) is 24.2. The highest BCUT2D eigenvalue weighted by Crippen LogP contribution is 2.24. The van der Waals surface area contributed by atoms with Crippen LogP contribution in [0.15, 0.2) is 23.3 Å². The van der Waals surface area contributed by atoms with Crippen LogP contribution in [0.1, 0.15) is 45.1 Å². The van der Waals surface area contributed by atoms with Gasteiger partial charge in [0.05, 0.1) is 10.5 Å². The minimum Gasteiger partial charge on any atom is -0.357 e. The summed E-state index contributed by atoms with van der Waals surface area (Å²) in [4.78, 5) is 13.4. The molecule has 3 heterocycles. The Hall–Kier alpha value is -1.10. The Morgan fingerprint density at radius 1 is 1.17 bits per heavy atom. The van der Waals surface area contributed by atoms with Gasteiger partial charge in [-0.3, -0.25) is 4.99 Å². The van der Waals surface area contributed by atoms with E-state index in [1.807, 2.05) is 11.1 Å². The Labute approximate surface area is 192 Å². The number of hydrogen-bond acceptors (Lipinski definition) is 5. The molecule has 0 aliphatic carbocycles. The number of pyridine rings is 1. The number of aromatic nitrogens is 1. The molecule has 0 aromatic carbocycles. The fourth-order valence-corrected chi connectivity index (χ4v) is 5.21. The van der Waals surface area contributed by atoms with Crippen molar-refractivity contribution in [3.8, 4) is 0 Å². The van der Waals surface area contributed by atoms with Gasteiger partial charge in [-0.1, -0.05) is 18.9 Å². The molecule has 3 rings (SSSR count). The van der Waals surface area contributed by atoms with Crippen LogP contribution in [0.5, 0.6) is 0 Å². The van der Waals surface area contributed by atoms with Crippen LogP contribution in [0.25, 0.3) is 0 Å². The van der Waals surface area contributed by atoms with Gasteiger partial charge in [-0.15, -0.1) is 24.0 Å². The van der Waals surface area contributed by atoms with E-state index >= 15 is 0 Å². The molecule has 0 amide bonds. The molecular formula is C20H34IN5O2S. The minimum atomic E-state index is -3.06. The van der Waals surface area contributed by atoms with Gasteiger partial charge in [0.2, 0.25) is 0 Å². The van der Waals surface area contributed by atoms with E-state index in [1.54, 1.807) is 20.9 Å². The molecular weight excluding hydrogens is 501 g/mol. The van der Waals surface area contributed by atoms with Crippen LogP contribution < -0.4 is 10.2 Å². The zero-order valence-corrected chi connectivity index (χ0v) is 20.9. The first-order valence-electron chi connectivity index (χ1n) is 10.2. The third-order valence-corrected chi connectivity index (χ3v) is 8.28. The van der Waals surface area contributed by atoms with Crippen LogP contribution in [-0.4, -0.2) is 68.0 Å². The molecule has 7 nitrogen and oxygen atoms in total. The van der Waals surface area contributed by atoms with E-state index in [0.717, 1.165) is 30.4 Å². The molecule has 29 heavy (non-hydrogen) atoms. The molecule has 0 spiro atoms. The van der Waals surface area contributed by atoms with Crippen molar-refractivity contribution in [1.29, 1.82) is 0 Å². The first-order chi connectivity index (χ1) is 13.3. The van der Waals surface area contributed by atoms with Crippen LogP contribution >= 0.6 is 24.0 Å². The Balaban J connectivity index is 0.00000300. The summed E-state index contributed by atoms with van der Waals surface area (Å²) < 4.78 is 23.7. The topological polar surface area (TPSA) is 77.9 Å². The Morgan fingerprint density at radius 3 is 2.41 bits per heavy atom. The summed E-state index contributed by atoms with van der Waals surface area (Å²) >= 11 is 0. The molecule has 0 unspecified atom stereocenters. The monoisotopic (exact) mass is 535 g/mol. The maximum Gasteiger partial charge on any atom is 0.193 e. The molecule has 1 aromatic rings. The van der Waals surface area contributed by atoms with Crippen LogP contribution in [0, 0.1) is 0 Å². The quantitative estimate of drug-likeness (QED) is 0.365. The average Bonchev–Trinajstić information content (AvgIpc) is 2.95. The van der Waals surface area contributed by atoms with Gasteiger partial charge in [0.15, 0.2) is 15.8 Å². The molecule has 0 radical (unpaired) electrons. The third kappa shape index (κ3) is 5.96. The Morgan fingerprint density at radius 2 is 1.86 bits per heavy atom. The van der Waals surface area contributed by atoms with E-state index in [-0.39, 0.29) is 29.7 Å².